The molecule has 1 heterocycles. The van der Waals surface area contributed by atoms with Crippen molar-refractivity contribution in [3.8, 4) is 5.75 Å². The zero-order valence-corrected chi connectivity index (χ0v) is 15.7. The molecule has 1 N–H and O–H groups in total. The van der Waals surface area contributed by atoms with E-state index in [9.17, 15) is 4.79 Å². The Hall–Kier alpha value is -2.50. The number of para-hydroxylation sites is 2. The molecule has 0 bridgehead atoms. The van der Waals surface area contributed by atoms with Crippen LogP contribution in [0.3, 0.4) is 0 Å². The first kappa shape index (κ1) is 18.3. The number of carbonyl (C=O) groups excluding carboxylic acids is 1. The smallest absolute Gasteiger partial charge is 0.341 e. The molecule has 3 aromatic rings. The Bertz CT molecular complexity index is 976. The number of carbonyl (C=O) groups is 1. The minimum absolute atomic E-state index is 0.256. The first-order valence-corrected chi connectivity index (χ1v) is 8.66. The van der Waals surface area contributed by atoms with Crippen molar-refractivity contribution < 1.29 is 14.3 Å². The van der Waals surface area contributed by atoms with Gasteiger partial charge in [-0.2, -0.15) is 0 Å². The number of ether oxygens (including phenoxy) is 2. The zero-order chi connectivity index (χ0) is 18.7. The van der Waals surface area contributed by atoms with Gasteiger partial charge in [-0.1, -0.05) is 35.3 Å². The van der Waals surface area contributed by atoms with Crippen molar-refractivity contribution in [1.82, 2.24) is 4.98 Å². The standard InChI is InChI=1S/C19H16Cl2N2O3/c1-3-26-19(24)12-10-22-18-11(8-9-13(20)16(18)21)17(12)23-14-6-4-5-7-15(14)25-2/h4-10H,3H2,1-2H3,(H,22,23). The van der Waals surface area contributed by atoms with Crippen molar-refractivity contribution in [3.63, 3.8) is 0 Å². The van der Waals surface area contributed by atoms with E-state index in [2.05, 4.69) is 10.3 Å². The minimum Gasteiger partial charge on any atom is -0.495 e. The van der Waals surface area contributed by atoms with Gasteiger partial charge < -0.3 is 14.8 Å². The largest absolute Gasteiger partial charge is 0.495 e. The number of hydrogen-bond donors (Lipinski definition) is 1. The third-order valence-corrected chi connectivity index (χ3v) is 4.59. The average molecular weight is 391 g/mol. The van der Waals surface area contributed by atoms with Gasteiger partial charge in [0.25, 0.3) is 0 Å². The molecule has 0 aliphatic heterocycles. The molecule has 0 fully saturated rings. The van der Waals surface area contributed by atoms with Gasteiger partial charge in [0.2, 0.25) is 0 Å². The molecule has 0 unspecified atom stereocenters. The second kappa shape index (κ2) is 7.81. The van der Waals surface area contributed by atoms with Crippen molar-refractivity contribution >= 4 is 51.4 Å². The lowest BCUT2D eigenvalue weighted by Crippen LogP contribution is -2.09. The minimum atomic E-state index is -0.481. The predicted molar refractivity (Wildman–Crippen MR) is 104 cm³/mol. The van der Waals surface area contributed by atoms with Gasteiger partial charge in [0.15, 0.2) is 0 Å². The highest BCUT2D eigenvalue weighted by atomic mass is 35.5. The molecule has 0 aliphatic carbocycles. The lowest BCUT2D eigenvalue weighted by Gasteiger charge is -2.16. The van der Waals surface area contributed by atoms with Crippen LogP contribution in [0, 0.1) is 0 Å². The molecule has 7 heteroatoms. The molecule has 0 aliphatic rings. The Kier molecular flexibility index (Phi) is 5.49. The second-order valence-electron chi connectivity index (χ2n) is 5.35. The summed E-state index contributed by atoms with van der Waals surface area (Å²) >= 11 is 12.4. The number of pyridine rings is 1. The molecule has 0 saturated carbocycles. The van der Waals surface area contributed by atoms with E-state index < -0.39 is 5.97 Å². The summed E-state index contributed by atoms with van der Waals surface area (Å²) in [7, 11) is 1.58. The Balaban J connectivity index is 2.23. The Labute approximate surface area is 160 Å². The molecule has 0 spiro atoms. The second-order valence-corrected chi connectivity index (χ2v) is 6.14. The fourth-order valence-corrected chi connectivity index (χ4v) is 2.95. The van der Waals surface area contributed by atoms with Crippen LogP contribution in [0.5, 0.6) is 5.75 Å². The maximum atomic E-state index is 12.4. The van der Waals surface area contributed by atoms with Gasteiger partial charge in [0, 0.05) is 11.6 Å². The Morgan fingerprint density at radius 3 is 2.69 bits per heavy atom. The van der Waals surface area contributed by atoms with E-state index in [4.69, 9.17) is 32.7 Å². The van der Waals surface area contributed by atoms with Crippen LogP contribution >= 0.6 is 23.2 Å². The molecule has 3 rings (SSSR count). The molecular weight excluding hydrogens is 375 g/mol. The van der Waals surface area contributed by atoms with Crippen LogP contribution in [0.15, 0.2) is 42.6 Å². The summed E-state index contributed by atoms with van der Waals surface area (Å²) in [6.45, 7) is 2.00. The van der Waals surface area contributed by atoms with E-state index in [-0.39, 0.29) is 6.61 Å². The fraction of sp³-hybridized carbons (Fsp3) is 0.158. The fourth-order valence-electron chi connectivity index (χ4n) is 2.59. The molecule has 1 aromatic heterocycles. The van der Waals surface area contributed by atoms with Gasteiger partial charge in [-0.25, -0.2) is 4.79 Å². The number of nitrogens with zero attached hydrogens (tertiary/aromatic N) is 1. The normalized spacial score (nSPS) is 10.6. The Morgan fingerprint density at radius 2 is 1.96 bits per heavy atom. The number of nitrogens with one attached hydrogen (secondary N) is 1. The summed E-state index contributed by atoms with van der Waals surface area (Å²) in [6, 6.07) is 10.8. The summed E-state index contributed by atoms with van der Waals surface area (Å²) in [4.78, 5) is 16.7. The molecule has 134 valence electrons. The van der Waals surface area contributed by atoms with Crippen LogP contribution in [0.4, 0.5) is 11.4 Å². The molecule has 26 heavy (non-hydrogen) atoms. The number of halogens is 2. The Morgan fingerprint density at radius 1 is 1.19 bits per heavy atom. The zero-order valence-electron chi connectivity index (χ0n) is 14.2. The van der Waals surface area contributed by atoms with Crippen molar-refractivity contribution in [2.24, 2.45) is 0 Å². The third-order valence-electron chi connectivity index (χ3n) is 3.79. The van der Waals surface area contributed by atoms with E-state index in [1.54, 1.807) is 26.2 Å². The van der Waals surface area contributed by atoms with Gasteiger partial charge in [-0.05, 0) is 31.2 Å². The van der Waals surface area contributed by atoms with E-state index >= 15 is 0 Å². The SMILES string of the molecule is CCOC(=O)c1cnc2c(Cl)c(Cl)ccc2c1Nc1ccccc1OC. The molecule has 0 radical (unpaired) electrons. The maximum Gasteiger partial charge on any atom is 0.341 e. The number of hydrogen-bond acceptors (Lipinski definition) is 5. The topological polar surface area (TPSA) is 60.5 Å². The average Bonchev–Trinajstić information content (AvgIpc) is 2.65. The summed E-state index contributed by atoms with van der Waals surface area (Å²) in [6.07, 6.45) is 1.43. The van der Waals surface area contributed by atoms with E-state index in [0.29, 0.717) is 43.6 Å². The van der Waals surface area contributed by atoms with Crippen LogP contribution in [0.25, 0.3) is 10.9 Å². The van der Waals surface area contributed by atoms with Crippen LogP contribution in [0.2, 0.25) is 10.0 Å². The summed E-state index contributed by atoms with van der Waals surface area (Å²) in [5.41, 5.74) is 2.00. The van der Waals surface area contributed by atoms with Gasteiger partial charge in [0.1, 0.15) is 11.3 Å². The summed E-state index contributed by atoms with van der Waals surface area (Å²) in [5, 5.41) is 4.61. The third kappa shape index (κ3) is 3.41. The number of benzene rings is 2. The number of methoxy groups -OCH3 is 1. The maximum absolute atomic E-state index is 12.4. The lowest BCUT2D eigenvalue weighted by atomic mass is 10.1. The summed E-state index contributed by atoms with van der Waals surface area (Å²) in [5.74, 6) is 0.151. The number of fused-ring (bicyclic) bond motifs is 1. The lowest BCUT2D eigenvalue weighted by molar-refractivity contribution is 0.0527. The molecule has 2 aromatic carbocycles. The highest BCUT2D eigenvalue weighted by Gasteiger charge is 2.19. The number of rotatable bonds is 5. The molecule has 0 saturated heterocycles. The van der Waals surface area contributed by atoms with E-state index in [1.807, 2.05) is 24.3 Å². The summed E-state index contributed by atoms with van der Waals surface area (Å²) < 4.78 is 10.5. The van der Waals surface area contributed by atoms with Crippen molar-refractivity contribution in [2.75, 3.05) is 19.0 Å². The number of aromatic nitrogens is 1. The van der Waals surface area contributed by atoms with Gasteiger partial charge in [-0.15, -0.1) is 0 Å². The van der Waals surface area contributed by atoms with Gasteiger partial charge in [0.05, 0.1) is 40.7 Å². The molecule has 0 atom stereocenters. The highest BCUT2D eigenvalue weighted by molar-refractivity contribution is 6.45. The predicted octanol–water partition coefficient (Wildman–Crippen LogP) is 5.47. The van der Waals surface area contributed by atoms with E-state index in [0.717, 1.165) is 0 Å². The first-order valence-electron chi connectivity index (χ1n) is 7.90. The van der Waals surface area contributed by atoms with Crippen LogP contribution < -0.4 is 10.1 Å². The van der Waals surface area contributed by atoms with Gasteiger partial charge >= 0.3 is 5.97 Å². The van der Waals surface area contributed by atoms with Crippen LogP contribution in [-0.2, 0) is 4.74 Å². The molecule has 0 amide bonds. The number of esters is 1. The first-order chi connectivity index (χ1) is 12.6. The van der Waals surface area contributed by atoms with Crippen molar-refractivity contribution in [2.45, 2.75) is 6.92 Å². The molecule has 5 nitrogen and oxygen atoms in total. The van der Waals surface area contributed by atoms with Crippen LogP contribution in [0.1, 0.15) is 17.3 Å². The monoisotopic (exact) mass is 390 g/mol. The van der Waals surface area contributed by atoms with Crippen molar-refractivity contribution in [1.29, 1.82) is 0 Å². The number of anilines is 2. The van der Waals surface area contributed by atoms with Crippen molar-refractivity contribution in [3.05, 3.63) is 58.2 Å². The van der Waals surface area contributed by atoms with Gasteiger partial charge in [-0.3, -0.25) is 4.98 Å². The highest BCUT2D eigenvalue weighted by Crippen LogP contribution is 2.37. The molecular formula is C19H16Cl2N2O3. The van der Waals surface area contributed by atoms with E-state index in [1.165, 1.54) is 6.20 Å². The van der Waals surface area contributed by atoms with Crippen LogP contribution in [-0.4, -0.2) is 24.7 Å². The quantitative estimate of drug-likeness (QED) is 0.585.